The minimum atomic E-state index is 0.0907. The summed E-state index contributed by atoms with van der Waals surface area (Å²) in [6.07, 6.45) is 6.13. The van der Waals surface area contributed by atoms with Crippen molar-refractivity contribution in [3.05, 3.63) is 35.4 Å². The molecule has 0 heterocycles. The fourth-order valence-electron chi connectivity index (χ4n) is 3.31. The Balaban J connectivity index is 2.01. The number of hydrogen-bond donors (Lipinski definition) is 2. The topological polar surface area (TPSA) is 55.1 Å². The van der Waals surface area contributed by atoms with E-state index in [1.165, 1.54) is 36.8 Å². The fraction of sp³-hybridized carbons (Fsp3) is 0.611. The smallest absolute Gasteiger partial charge is 0.220 e. The Hall–Kier alpha value is -1.35. The Kier molecular flexibility index (Phi) is 5.40. The monoisotopic (exact) mass is 288 g/mol. The van der Waals surface area contributed by atoms with E-state index >= 15 is 0 Å². The van der Waals surface area contributed by atoms with E-state index in [9.17, 15) is 4.79 Å². The summed E-state index contributed by atoms with van der Waals surface area (Å²) in [6.45, 7) is 4.83. The molecule has 1 aliphatic carbocycles. The molecule has 1 aromatic carbocycles. The van der Waals surface area contributed by atoms with Crippen molar-refractivity contribution in [3.63, 3.8) is 0 Å². The van der Waals surface area contributed by atoms with Crippen LogP contribution < -0.4 is 11.1 Å². The third kappa shape index (κ3) is 4.31. The molecule has 1 unspecified atom stereocenters. The molecule has 0 aliphatic heterocycles. The number of nitrogens with one attached hydrogen (secondary N) is 1. The van der Waals surface area contributed by atoms with Crippen molar-refractivity contribution < 1.29 is 4.79 Å². The normalized spacial score (nSPS) is 18.4. The SMILES string of the molecule is Cc1cccc(C2(CNC(=O)CCC(C)N)CCCC2)c1. The molecule has 1 aliphatic rings. The van der Waals surface area contributed by atoms with Crippen molar-refractivity contribution >= 4 is 5.91 Å². The minimum absolute atomic E-state index is 0.0907. The first-order valence-corrected chi connectivity index (χ1v) is 8.11. The van der Waals surface area contributed by atoms with Gasteiger partial charge in [0, 0.05) is 24.4 Å². The lowest BCUT2D eigenvalue weighted by Crippen LogP contribution is -2.39. The van der Waals surface area contributed by atoms with Crippen LogP contribution in [0.1, 0.15) is 56.6 Å². The summed E-state index contributed by atoms with van der Waals surface area (Å²) < 4.78 is 0. The van der Waals surface area contributed by atoms with Crippen LogP contribution in [0.2, 0.25) is 0 Å². The first-order valence-electron chi connectivity index (χ1n) is 8.11. The van der Waals surface area contributed by atoms with Gasteiger partial charge >= 0.3 is 0 Å². The molecule has 0 bridgehead atoms. The molecule has 3 heteroatoms. The molecular formula is C18H28N2O. The number of amides is 1. The molecule has 0 radical (unpaired) electrons. The summed E-state index contributed by atoms with van der Waals surface area (Å²) in [7, 11) is 0. The van der Waals surface area contributed by atoms with E-state index in [1.54, 1.807) is 0 Å². The van der Waals surface area contributed by atoms with Gasteiger partial charge in [-0.25, -0.2) is 0 Å². The first kappa shape index (κ1) is 16.0. The van der Waals surface area contributed by atoms with Crippen molar-refractivity contribution in [1.29, 1.82) is 0 Å². The van der Waals surface area contributed by atoms with Gasteiger partial charge in [-0.3, -0.25) is 4.79 Å². The molecule has 1 saturated carbocycles. The lowest BCUT2D eigenvalue weighted by atomic mass is 9.78. The summed E-state index contributed by atoms with van der Waals surface area (Å²) >= 11 is 0. The van der Waals surface area contributed by atoms with Crippen LogP contribution in [0.25, 0.3) is 0 Å². The molecule has 1 amide bonds. The number of aryl methyl sites for hydroxylation is 1. The molecule has 0 spiro atoms. The molecule has 116 valence electrons. The van der Waals surface area contributed by atoms with E-state index < -0.39 is 0 Å². The predicted octanol–water partition coefficient (Wildman–Crippen LogP) is 3.05. The van der Waals surface area contributed by atoms with Crippen LogP contribution in [0.5, 0.6) is 0 Å². The maximum Gasteiger partial charge on any atom is 0.220 e. The highest BCUT2D eigenvalue weighted by molar-refractivity contribution is 5.76. The summed E-state index contributed by atoms with van der Waals surface area (Å²) in [6, 6.07) is 8.84. The number of rotatable bonds is 6. The third-order valence-electron chi connectivity index (χ3n) is 4.64. The molecule has 21 heavy (non-hydrogen) atoms. The van der Waals surface area contributed by atoms with Crippen LogP contribution in [0.15, 0.2) is 24.3 Å². The van der Waals surface area contributed by atoms with Gasteiger partial charge in [-0.15, -0.1) is 0 Å². The average Bonchev–Trinajstić information content (AvgIpc) is 2.93. The maximum absolute atomic E-state index is 12.0. The highest BCUT2D eigenvalue weighted by atomic mass is 16.1. The van der Waals surface area contributed by atoms with Gasteiger partial charge in [-0.05, 0) is 38.7 Å². The maximum atomic E-state index is 12.0. The van der Waals surface area contributed by atoms with Crippen LogP contribution in [-0.4, -0.2) is 18.5 Å². The number of carbonyl (C=O) groups excluding carboxylic acids is 1. The molecule has 3 N–H and O–H groups in total. The Morgan fingerprint density at radius 3 is 2.71 bits per heavy atom. The Morgan fingerprint density at radius 1 is 1.38 bits per heavy atom. The number of benzene rings is 1. The Bertz CT molecular complexity index is 476. The van der Waals surface area contributed by atoms with Crippen LogP contribution in [0.4, 0.5) is 0 Å². The van der Waals surface area contributed by atoms with E-state index in [2.05, 4.69) is 36.5 Å². The van der Waals surface area contributed by atoms with Crippen molar-refractivity contribution in [2.75, 3.05) is 6.54 Å². The second kappa shape index (κ2) is 7.08. The molecule has 0 aromatic heterocycles. The second-order valence-corrected chi connectivity index (χ2v) is 6.65. The van der Waals surface area contributed by atoms with Crippen molar-refractivity contribution in [2.24, 2.45) is 5.73 Å². The van der Waals surface area contributed by atoms with Crippen LogP contribution in [0, 0.1) is 6.92 Å². The number of nitrogens with two attached hydrogens (primary N) is 1. The molecule has 1 fully saturated rings. The molecule has 0 saturated heterocycles. The lowest BCUT2D eigenvalue weighted by molar-refractivity contribution is -0.121. The summed E-state index contributed by atoms with van der Waals surface area (Å²) in [5.74, 6) is 0.131. The quantitative estimate of drug-likeness (QED) is 0.845. The Labute approximate surface area is 128 Å². The van der Waals surface area contributed by atoms with Gasteiger partial charge in [0.1, 0.15) is 0 Å². The van der Waals surface area contributed by atoms with Crippen molar-refractivity contribution in [1.82, 2.24) is 5.32 Å². The second-order valence-electron chi connectivity index (χ2n) is 6.65. The van der Waals surface area contributed by atoms with Gasteiger partial charge in [0.2, 0.25) is 5.91 Å². The lowest BCUT2D eigenvalue weighted by Gasteiger charge is -2.30. The molecule has 1 aromatic rings. The zero-order valence-electron chi connectivity index (χ0n) is 13.3. The predicted molar refractivity (Wildman–Crippen MR) is 87.2 cm³/mol. The highest BCUT2D eigenvalue weighted by Crippen LogP contribution is 2.40. The fourth-order valence-corrected chi connectivity index (χ4v) is 3.31. The van der Waals surface area contributed by atoms with Crippen molar-refractivity contribution in [3.8, 4) is 0 Å². The number of carbonyl (C=O) groups is 1. The minimum Gasteiger partial charge on any atom is -0.355 e. The standard InChI is InChI=1S/C18H28N2O/c1-14-6-5-7-16(12-14)18(10-3-4-11-18)13-20-17(21)9-8-15(2)19/h5-7,12,15H,3-4,8-11,13,19H2,1-2H3,(H,20,21). The van der Waals surface area contributed by atoms with E-state index in [1.807, 2.05) is 6.92 Å². The Morgan fingerprint density at radius 2 is 2.10 bits per heavy atom. The van der Waals surface area contributed by atoms with E-state index in [-0.39, 0.29) is 17.4 Å². The van der Waals surface area contributed by atoms with E-state index in [0.29, 0.717) is 6.42 Å². The summed E-state index contributed by atoms with van der Waals surface area (Å²) in [5, 5.41) is 3.14. The molecule has 2 rings (SSSR count). The van der Waals surface area contributed by atoms with Gasteiger partial charge in [0.25, 0.3) is 0 Å². The van der Waals surface area contributed by atoms with Crippen LogP contribution >= 0.6 is 0 Å². The van der Waals surface area contributed by atoms with Gasteiger partial charge in [0.15, 0.2) is 0 Å². The molecule has 1 atom stereocenters. The average molecular weight is 288 g/mol. The molecular weight excluding hydrogens is 260 g/mol. The zero-order chi connectivity index (χ0) is 15.3. The summed E-state index contributed by atoms with van der Waals surface area (Å²) in [4.78, 5) is 12.0. The van der Waals surface area contributed by atoms with Crippen LogP contribution in [-0.2, 0) is 10.2 Å². The van der Waals surface area contributed by atoms with Gasteiger partial charge in [-0.1, -0.05) is 42.7 Å². The van der Waals surface area contributed by atoms with E-state index in [0.717, 1.165) is 13.0 Å². The van der Waals surface area contributed by atoms with Crippen molar-refractivity contribution in [2.45, 2.75) is 63.8 Å². The zero-order valence-corrected chi connectivity index (χ0v) is 13.3. The summed E-state index contributed by atoms with van der Waals surface area (Å²) in [5.41, 5.74) is 8.52. The first-order chi connectivity index (χ1) is 10.0. The van der Waals surface area contributed by atoms with Crippen LogP contribution in [0.3, 0.4) is 0 Å². The van der Waals surface area contributed by atoms with E-state index in [4.69, 9.17) is 5.73 Å². The number of hydrogen-bond acceptors (Lipinski definition) is 2. The van der Waals surface area contributed by atoms with Gasteiger partial charge in [-0.2, -0.15) is 0 Å². The highest BCUT2D eigenvalue weighted by Gasteiger charge is 2.35. The molecule has 3 nitrogen and oxygen atoms in total. The van der Waals surface area contributed by atoms with Gasteiger partial charge < -0.3 is 11.1 Å². The largest absolute Gasteiger partial charge is 0.355 e. The third-order valence-corrected chi connectivity index (χ3v) is 4.64. The van der Waals surface area contributed by atoms with Gasteiger partial charge in [0.05, 0.1) is 0 Å².